The predicted molar refractivity (Wildman–Crippen MR) is 78.8 cm³/mol. The van der Waals surface area contributed by atoms with Crippen LogP contribution < -0.4 is 16.6 Å². The van der Waals surface area contributed by atoms with Crippen LogP contribution in [0.3, 0.4) is 0 Å². The average Bonchev–Trinajstić information content (AvgIpc) is 2.36. The van der Waals surface area contributed by atoms with Crippen LogP contribution in [0, 0.1) is 0 Å². The van der Waals surface area contributed by atoms with E-state index < -0.39 is 10.8 Å². The number of fused-ring (bicyclic) bond motifs is 1. The molecule has 0 spiro atoms. The van der Waals surface area contributed by atoms with Crippen molar-refractivity contribution in [1.29, 1.82) is 0 Å². The van der Waals surface area contributed by atoms with E-state index in [1.165, 1.54) is 0 Å². The molecule has 6 nitrogen and oxygen atoms in total. The van der Waals surface area contributed by atoms with Crippen LogP contribution in [0.5, 0.6) is 0 Å². The zero-order valence-corrected chi connectivity index (χ0v) is 11.6. The SMILES string of the molecule is CC(CNc1nc2ccc(N)cc2c(=O)[nH]1)S(C)=O. The molecule has 0 aliphatic rings. The predicted octanol–water partition coefficient (Wildman–Crippen LogP) is 0.684. The van der Waals surface area contributed by atoms with E-state index in [1.807, 2.05) is 6.92 Å². The van der Waals surface area contributed by atoms with Crippen molar-refractivity contribution in [3.63, 3.8) is 0 Å². The molecule has 2 unspecified atom stereocenters. The van der Waals surface area contributed by atoms with Gasteiger partial charge in [0.2, 0.25) is 5.95 Å². The van der Waals surface area contributed by atoms with E-state index in [9.17, 15) is 9.00 Å². The fraction of sp³-hybridized carbons (Fsp3) is 0.333. The van der Waals surface area contributed by atoms with Crippen molar-refractivity contribution in [3.8, 4) is 0 Å². The quantitative estimate of drug-likeness (QED) is 0.715. The van der Waals surface area contributed by atoms with Gasteiger partial charge in [-0.3, -0.25) is 14.0 Å². The summed E-state index contributed by atoms with van der Waals surface area (Å²) in [5.74, 6) is 0.375. The summed E-state index contributed by atoms with van der Waals surface area (Å²) in [6, 6.07) is 4.99. The Labute approximate surface area is 112 Å². The Morgan fingerprint density at radius 3 is 2.95 bits per heavy atom. The third-order valence-electron chi connectivity index (χ3n) is 2.85. The van der Waals surface area contributed by atoms with E-state index in [4.69, 9.17) is 5.73 Å². The molecule has 0 amide bonds. The summed E-state index contributed by atoms with van der Waals surface area (Å²) in [6.07, 6.45) is 1.64. The number of nitrogens with one attached hydrogen (secondary N) is 2. The number of anilines is 2. The fourth-order valence-corrected chi connectivity index (χ4v) is 1.92. The lowest BCUT2D eigenvalue weighted by molar-refractivity contribution is 0.678. The number of aromatic nitrogens is 2. The van der Waals surface area contributed by atoms with Crippen LogP contribution in [-0.4, -0.2) is 32.2 Å². The molecule has 0 aliphatic heterocycles. The molecule has 0 radical (unpaired) electrons. The van der Waals surface area contributed by atoms with E-state index in [0.29, 0.717) is 29.1 Å². The Morgan fingerprint density at radius 2 is 2.26 bits per heavy atom. The van der Waals surface area contributed by atoms with Gasteiger partial charge in [-0.15, -0.1) is 0 Å². The minimum absolute atomic E-state index is 0.0209. The van der Waals surface area contributed by atoms with Gasteiger partial charge in [0.05, 0.1) is 10.9 Å². The second kappa shape index (κ2) is 5.40. The van der Waals surface area contributed by atoms with Gasteiger partial charge in [0, 0.05) is 34.5 Å². The first-order chi connectivity index (χ1) is 8.97. The molecular formula is C12H16N4O2S. The number of H-pyrrole nitrogens is 1. The van der Waals surface area contributed by atoms with E-state index in [1.54, 1.807) is 24.5 Å². The van der Waals surface area contributed by atoms with E-state index >= 15 is 0 Å². The Kier molecular flexibility index (Phi) is 3.84. The van der Waals surface area contributed by atoms with Gasteiger partial charge >= 0.3 is 0 Å². The maximum Gasteiger partial charge on any atom is 0.260 e. The van der Waals surface area contributed by atoms with E-state index in [0.717, 1.165) is 0 Å². The highest BCUT2D eigenvalue weighted by Crippen LogP contribution is 2.12. The molecule has 7 heteroatoms. The Morgan fingerprint density at radius 1 is 1.53 bits per heavy atom. The van der Waals surface area contributed by atoms with Crippen LogP contribution in [0.1, 0.15) is 6.92 Å². The standard InChI is InChI=1S/C12H16N4O2S/c1-7(19(2)18)6-14-12-15-10-4-3-8(13)5-9(10)11(17)16-12/h3-5,7H,6,13H2,1-2H3,(H2,14,15,16,17). The third kappa shape index (κ3) is 3.11. The first-order valence-electron chi connectivity index (χ1n) is 5.83. The maximum absolute atomic E-state index is 11.9. The van der Waals surface area contributed by atoms with Crippen LogP contribution in [0.15, 0.2) is 23.0 Å². The molecule has 1 heterocycles. The molecule has 1 aromatic carbocycles. The topological polar surface area (TPSA) is 101 Å². The number of aromatic amines is 1. The van der Waals surface area contributed by atoms with Crippen LogP contribution in [0.2, 0.25) is 0 Å². The summed E-state index contributed by atoms with van der Waals surface area (Å²) in [5.41, 5.74) is 6.49. The number of hydrogen-bond acceptors (Lipinski definition) is 5. The molecule has 0 bridgehead atoms. The lowest BCUT2D eigenvalue weighted by atomic mass is 10.2. The van der Waals surface area contributed by atoms with Gasteiger partial charge in [-0.05, 0) is 25.1 Å². The van der Waals surface area contributed by atoms with Gasteiger partial charge < -0.3 is 11.1 Å². The molecule has 0 aliphatic carbocycles. The van der Waals surface area contributed by atoms with Gasteiger partial charge in [0.15, 0.2) is 0 Å². The number of nitrogens with two attached hydrogens (primary N) is 1. The first-order valence-corrected chi connectivity index (χ1v) is 7.45. The van der Waals surface area contributed by atoms with Gasteiger partial charge in [0.1, 0.15) is 0 Å². The van der Waals surface area contributed by atoms with Crippen molar-refractivity contribution in [1.82, 2.24) is 9.97 Å². The van der Waals surface area contributed by atoms with Crippen molar-refractivity contribution < 1.29 is 4.21 Å². The van der Waals surface area contributed by atoms with Gasteiger partial charge in [-0.1, -0.05) is 0 Å². The first kappa shape index (κ1) is 13.5. The smallest absolute Gasteiger partial charge is 0.260 e. The minimum atomic E-state index is -0.918. The summed E-state index contributed by atoms with van der Waals surface area (Å²) in [5, 5.41) is 3.42. The monoisotopic (exact) mass is 280 g/mol. The van der Waals surface area contributed by atoms with Crippen molar-refractivity contribution in [2.24, 2.45) is 0 Å². The Bertz CT molecular complexity index is 683. The van der Waals surface area contributed by atoms with Gasteiger partial charge in [-0.25, -0.2) is 4.98 Å². The van der Waals surface area contributed by atoms with Gasteiger partial charge in [0.25, 0.3) is 5.56 Å². The van der Waals surface area contributed by atoms with E-state index in [2.05, 4.69) is 15.3 Å². The lowest BCUT2D eigenvalue weighted by Crippen LogP contribution is -2.23. The zero-order chi connectivity index (χ0) is 14.0. The molecule has 102 valence electrons. The lowest BCUT2D eigenvalue weighted by Gasteiger charge is -2.10. The molecule has 2 aromatic rings. The summed E-state index contributed by atoms with van der Waals surface area (Å²) >= 11 is 0. The zero-order valence-electron chi connectivity index (χ0n) is 10.8. The summed E-state index contributed by atoms with van der Waals surface area (Å²) in [4.78, 5) is 18.8. The molecule has 1 aromatic heterocycles. The van der Waals surface area contributed by atoms with Gasteiger partial charge in [-0.2, -0.15) is 0 Å². The molecule has 4 N–H and O–H groups in total. The molecule has 0 saturated carbocycles. The number of nitrogen functional groups attached to an aromatic ring is 1. The summed E-state index contributed by atoms with van der Waals surface area (Å²) in [6.45, 7) is 2.34. The number of hydrogen-bond donors (Lipinski definition) is 3. The van der Waals surface area contributed by atoms with Crippen LogP contribution in [0.4, 0.5) is 11.6 Å². The van der Waals surface area contributed by atoms with Crippen molar-refractivity contribution in [3.05, 3.63) is 28.6 Å². The Balaban J connectivity index is 2.29. The fourth-order valence-electron chi connectivity index (χ4n) is 1.60. The highest BCUT2D eigenvalue weighted by atomic mass is 32.2. The second-order valence-corrected chi connectivity index (χ2v) is 6.18. The largest absolute Gasteiger partial charge is 0.399 e. The number of nitrogens with zero attached hydrogens (tertiary/aromatic N) is 1. The second-order valence-electron chi connectivity index (χ2n) is 4.38. The number of benzene rings is 1. The van der Waals surface area contributed by atoms with Crippen molar-refractivity contribution in [2.45, 2.75) is 12.2 Å². The van der Waals surface area contributed by atoms with E-state index in [-0.39, 0.29) is 10.8 Å². The minimum Gasteiger partial charge on any atom is -0.399 e. The molecular weight excluding hydrogens is 264 g/mol. The summed E-state index contributed by atoms with van der Waals surface area (Å²) in [7, 11) is -0.918. The highest BCUT2D eigenvalue weighted by molar-refractivity contribution is 7.84. The third-order valence-corrected chi connectivity index (χ3v) is 4.15. The molecule has 19 heavy (non-hydrogen) atoms. The molecule has 0 fully saturated rings. The molecule has 2 atom stereocenters. The highest BCUT2D eigenvalue weighted by Gasteiger charge is 2.08. The van der Waals surface area contributed by atoms with Crippen LogP contribution in [-0.2, 0) is 10.8 Å². The van der Waals surface area contributed by atoms with Crippen LogP contribution >= 0.6 is 0 Å². The van der Waals surface area contributed by atoms with Crippen molar-refractivity contribution in [2.75, 3.05) is 23.9 Å². The summed E-state index contributed by atoms with van der Waals surface area (Å²) < 4.78 is 11.2. The maximum atomic E-state index is 11.9. The van der Waals surface area contributed by atoms with Crippen LogP contribution in [0.25, 0.3) is 10.9 Å². The normalized spacial score (nSPS) is 14.2. The Hall–Kier alpha value is -1.89. The number of rotatable bonds is 4. The molecule has 2 rings (SSSR count). The molecule has 0 saturated heterocycles. The van der Waals surface area contributed by atoms with Crippen molar-refractivity contribution >= 4 is 33.3 Å². The average molecular weight is 280 g/mol.